The molecular weight excluding hydrogens is 398 g/mol. The Kier molecular flexibility index (Phi) is 7.13. The van der Waals surface area contributed by atoms with E-state index in [1.165, 1.54) is 32.7 Å². The summed E-state index contributed by atoms with van der Waals surface area (Å²) in [7, 11) is 1.79. The van der Waals surface area contributed by atoms with Gasteiger partial charge in [-0.25, -0.2) is 0 Å². The van der Waals surface area contributed by atoms with E-state index in [4.69, 9.17) is 22.3 Å². The second-order valence-electron chi connectivity index (χ2n) is 6.78. The summed E-state index contributed by atoms with van der Waals surface area (Å²) in [6, 6.07) is 10.4. The third-order valence-corrected chi connectivity index (χ3v) is 5.90. The van der Waals surface area contributed by atoms with Crippen LogP contribution in [0.5, 0.6) is 0 Å². The quantitative estimate of drug-likeness (QED) is 0.448. The molecule has 0 amide bonds. The fourth-order valence-corrected chi connectivity index (χ4v) is 4.80. The van der Waals surface area contributed by atoms with Crippen LogP contribution in [0.3, 0.4) is 0 Å². The first-order valence-corrected chi connectivity index (χ1v) is 10.5. The second kappa shape index (κ2) is 9.77. The van der Waals surface area contributed by atoms with E-state index in [0.717, 1.165) is 16.2 Å². The van der Waals surface area contributed by atoms with Gasteiger partial charge in [-0.15, -0.1) is 0 Å². The zero-order chi connectivity index (χ0) is 20.8. The Bertz CT molecular complexity index is 1050. The van der Waals surface area contributed by atoms with Crippen molar-refractivity contribution in [2.45, 2.75) is 29.7 Å². The van der Waals surface area contributed by atoms with Crippen LogP contribution in [0.15, 0.2) is 80.1 Å². The Morgan fingerprint density at radius 3 is 2.72 bits per heavy atom. The Balaban J connectivity index is 2.10. The van der Waals surface area contributed by atoms with Crippen molar-refractivity contribution in [1.29, 1.82) is 0 Å². The predicted molar refractivity (Wildman–Crippen MR) is 128 cm³/mol. The van der Waals surface area contributed by atoms with Crippen molar-refractivity contribution in [2.24, 2.45) is 15.7 Å². The lowest BCUT2D eigenvalue weighted by Crippen LogP contribution is -2.09. The van der Waals surface area contributed by atoms with E-state index in [2.05, 4.69) is 43.1 Å². The molecule has 0 saturated heterocycles. The highest BCUT2D eigenvalue weighted by Gasteiger charge is 2.27. The number of aryl methyl sites for hydroxylation is 1. The largest absolute Gasteiger partial charge is 0.405 e. The van der Waals surface area contributed by atoms with Gasteiger partial charge in [-0.3, -0.25) is 9.98 Å². The number of aliphatic imine (C=N–C) groups is 2. The van der Waals surface area contributed by atoms with Gasteiger partial charge in [0.2, 0.25) is 0 Å². The van der Waals surface area contributed by atoms with Crippen LogP contribution in [0.4, 0.5) is 0 Å². The SMILES string of the molecule is CN=C/C(C)=C\c1cc(C)c2c(c1)Sc1ccc(Cl)cc1C2N=C/C=C\C=C\N. The van der Waals surface area contributed by atoms with E-state index in [1.807, 2.05) is 36.7 Å². The van der Waals surface area contributed by atoms with Crippen LogP contribution in [-0.4, -0.2) is 19.5 Å². The summed E-state index contributed by atoms with van der Waals surface area (Å²) in [5.74, 6) is 0. The lowest BCUT2D eigenvalue weighted by atomic mass is 9.93. The Morgan fingerprint density at radius 2 is 1.97 bits per heavy atom. The number of allylic oxidation sites excluding steroid dienone is 4. The van der Waals surface area contributed by atoms with Crippen molar-refractivity contribution in [3.05, 3.63) is 87.6 Å². The van der Waals surface area contributed by atoms with Crippen LogP contribution in [0.1, 0.15) is 35.2 Å². The summed E-state index contributed by atoms with van der Waals surface area (Å²) < 4.78 is 0. The third kappa shape index (κ3) is 5.08. The first kappa shape index (κ1) is 21.2. The number of nitrogens with two attached hydrogens (primary N) is 1. The van der Waals surface area contributed by atoms with Crippen LogP contribution >= 0.6 is 23.4 Å². The van der Waals surface area contributed by atoms with E-state index < -0.39 is 0 Å². The van der Waals surface area contributed by atoms with Crippen LogP contribution < -0.4 is 5.73 Å². The molecule has 1 aliphatic heterocycles. The van der Waals surface area contributed by atoms with Crippen molar-refractivity contribution in [3.8, 4) is 0 Å². The fourth-order valence-electron chi connectivity index (χ4n) is 3.38. The third-order valence-electron chi connectivity index (χ3n) is 4.51. The molecule has 1 atom stereocenters. The number of benzene rings is 2. The van der Waals surface area contributed by atoms with Gasteiger partial charge in [-0.2, -0.15) is 0 Å². The molecule has 148 valence electrons. The maximum Gasteiger partial charge on any atom is 0.102 e. The minimum Gasteiger partial charge on any atom is -0.405 e. The average Bonchev–Trinajstić information content (AvgIpc) is 2.67. The smallest absolute Gasteiger partial charge is 0.102 e. The van der Waals surface area contributed by atoms with Gasteiger partial charge >= 0.3 is 0 Å². The van der Waals surface area contributed by atoms with Gasteiger partial charge in [-0.05, 0) is 84.3 Å². The summed E-state index contributed by atoms with van der Waals surface area (Å²) in [6.07, 6.45) is 12.9. The number of halogens is 1. The first-order valence-electron chi connectivity index (χ1n) is 9.32. The predicted octanol–water partition coefficient (Wildman–Crippen LogP) is 6.41. The number of rotatable bonds is 5. The molecule has 2 aromatic rings. The number of hydrogen-bond acceptors (Lipinski definition) is 4. The Hall–Kier alpha value is -2.56. The van der Waals surface area contributed by atoms with Crippen molar-refractivity contribution in [2.75, 3.05) is 7.05 Å². The van der Waals surface area contributed by atoms with E-state index in [-0.39, 0.29) is 6.04 Å². The number of hydrogen-bond donors (Lipinski definition) is 1. The van der Waals surface area contributed by atoms with Crippen LogP contribution in [0.2, 0.25) is 5.02 Å². The maximum atomic E-state index is 6.31. The van der Waals surface area contributed by atoms with Crippen LogP contribution in [0, 0.1) is 6.92 Å². The molecule has 0 fully saturated rings. The van der Waals surface area contributed by atoms with Crippen molar-refractivity contribution >= 4 is 41.9 Å². The topological polar surface area (TPSA) is 50.7 Å². The molecule has 3 nitrogen and oxygen atoms in total. The van der Waals surface area contributed by atoms with E-state index in [0.29, 0.717) is 0 Å². The molecule has 0 aliphatic carbocycles. The van der Waals surface area contributed by atoms with E-state index >= 15 is 0 Å². The highest BCUT2D eigenvalue weighted by Crippen LogP contribution is 2.48. The van der Waals surface area contributed by atoms with Crippen LogP contribution in [-0.2, 0) is 0 Å². The van der Waals surface area contributed by atoms with Crippen molar-refractivity contribution in [3.63, 3.8) is 0 Å². The van der Waals surface area contributed by atoms with Gasteiger partial charge in [0.15, 0.2) is 0 Å². The standard InChI is InChI=1S/C24H24ClN3S/c1-16(15-27-3)11-18-12-17(2)23-22(13-18)29-21-8-7-19(25)14-20(21)24(23)28-10-6-4-5-9-26/h4-15,24H,26H2,1-3H3/b6-4-,9-5+,16-11-,27-15?,28-10?. The normalized spacial score (nSPS) is 17.0. The zero-order valence-corrected chi connectivity index (χ0v) is 18.3. The minimum absolute atomic E-state index is 0.0946. The zero-order valence-electron chi connectivity index (χ0n) is 16.8. The molecule has 0 bridgehead atoms. The van der Waals surface area contributed by atoms with Gasteiger partial charge in [0.1, 0.15) is 6.04 Å². The summed E-state index contributed by atoms with van der Waals surface area (Å²) in [5, 5.41) is 0.723. The minimum atomic E-state index is -0.0946. The molecule has 2 aromatic carbocycles. The molecule has 0 saturated carbocycles. The Morgan fingerprint density at radius 1 is 1.14 bits per heavy atom. The lowest BCUT2D eigenvalue weighted by molar-refractivity contribution is 0.811. The van der Waals surface area contributed by atoms with Gasteiger partial charge in [0.25, 0.3) is 0 Å². The molecule has 1 aliphatic rings. The second-order valence-corrected chi connectivity index (χ2v) is 8.30. The molecule has 5 heteroatoms. The highest BCUT2D eigenvalue weighted by molar-refractivity contribution is 7.99. The van der Waals surface area contributed by atoms with Gasteiger partial charge < -0.3 is 5.73 Å². The molecule has 2 N–H and O–H groups in total. The van der Waals surface area contributed by atoms with E-state index in [9.17, 15) is 0 Å². The van der Waals surface area contributed by atoms with Gasteiger partial charge in [0.05, 0.1) is 0 Å². The number of fused-ring (bicyclic) bond motifs is 2. The highest BCUT2D eigenvalue weighted by atomic mass is 35.5. The molecule has 0 radical (unpaired) electrons. The molecule has 1 unspecified atom stereocenters. The monoisotopic (exact) mass is 421 g/mol. The first-order chi connectivity index (χ1) is 14.0. The molecule has 0 spiro atoms. The Labute approximate surface area is 181 Å². The number of nitrogens with zero attached hydrogens (tertiary/aromatic N) is 2. The van der Waals surface area contributed by atoms with Crippen molar-refractivity contribution in [1.82, 2.24) is 0 Å². The summed E-state index contributed by atoms with van der Waals surface area (Å²) in [6.45, 7) is 4.20. The summed E-state index contributed by atoms with van der Waals surface area (Å²) in [4.78, 5) is 11.4. The van der Waals surface area contributed by atoms with Crippen molar-refractivity contribution < 1.29 is 0 Å². The molecule has 0 aromatic heterocycles. The summed E-state index contributed by atoms with van der Waals surface area (Å²) in [5.41, 5.74) is 11.2. The van der Waals surface area contributed by atoms with Gasteiger partial charge in [0, 0.05) is 34.3 Å². The fraction of sp³-hybridized carbons (Fsp3) is 0.167. The molecular formula is C24H24ClN3S. The molecule has 3 rings (SSSR count). The van der Waals surface area contributed by atoms with Gasteiger partial charge in [-0.1, -0.05) is 41.6 Å². The lowest BCUT2D eigenvalue weighted by Gasteiger charge is -2.27. The molecule has 29 heavy (non-hydrogen) atoms. The summed E-state index contributed by atoms with van der Waals surface area (Å²) >= 11 is 8.08. The van der Waals surface area contributed by atoms with E-state index in [1.54, 1.807) is 24.9 Å². The molecule has 1 heterocycles. The average molecular weight is 422 g/mol. The maximum absolute atomic E-state index is 6.31. The van der Waals surface area contributed by atoms with Crippen LogP contribution in [0.25, 0.3) is 6.08 Å².